The van der Waals surface area contributed by atoms with E-state index in [0.717, 1.165) is 0 Å². The minimum Gasteiger partial charge on any atom is -0.493 e. The molecule has 2 N–H and O–H groups in total. The first-order chi connectivity index (χ1) is 8.52. The summed E-state index contributed by atoms with van der Waals surface area (Å²) in [5, 5.41) is 9.54. The quantitative estimate of drug-likeness (QED) is 0.879. The molecular weight excluding hydrogens is 259 g/mol. The van der Waals surface area contributed by atoms with E-state index in [9.17, 15) is 14.3 Å². The SMILES string of the molecule is CCc1c(O)nc(-c2ccc(F)c(Cl)c2)[nH]c1=O. The molecule has 0 aliphatic carbocycles. The van der Waals surface area contributed by atoms with E-state index < -0.39 is 11.4 Å². The number of nitrogens with zero attached hydrogens (tertiary/aromatic N) is 1. The highest BCUT2D eigenvalue weighted by molar-refractivity contribution is 6.31. The molecular formula is C12H10ClFN2O2. The van der Waals surface area contributed by atoms with Gasteiger partial charge in [0.2, 0.25) is 5.88 Å². The van der Waals surface area contributed by atoms with Crippen LogP contribution in [-0.2, 0) is 6.42 Å². The van der Waals surface area contributed by atoms with Gasteiger partial charge in [0.1, 0.15) is 11.6 Å². The van der Waals surface area contributed by atoms with Gasteiger partial charge < -0.3 is 10.1 Å². The van der Waals surface area contributed by atoms with Crippen LogP contribution in [-0.4, -0.2) is 15.1 Å². The van der Waals surface area contributed by atoms with E-state index in [4.69, 9.17) is 11.6 Å². The van der Waals surface area contributed by atoms with Gasteiger partial charge in [-0.1, -0.05) is 18.5 Å². The molecule has 6 heteroatoms. The summed E-state index contributed by atoms with van der Waals surface area (Å²) in [5.41, 5.74) is 0.226. The first kappa shape index (κ1) is 12.6. The third kappa shape index (κ3) is 2.22. The van der Waals surface area contributed by atoms with E-state index >= 15 is 0 Å². The molecule has 1 aromatic carbocycles. The number of halogens is 2. The Hall–Kier alpha value is -1.88. The number of aromatic nitrogens is 2. The third-order valence-corrected chi connectivity index (χ3v) is 2.83. The summed E-state index contributed by atoms with van der Waals surface area (Å²) < 4.78 is 13.0. The molecule has 4 nitrogen and oxygen atoms in total. The Morgan fingerprint density at radius 2 is 2.22 bits per heavy atom. The van der Waals surface area contributed by atoms with Gasteiger partial charge in [-0.2, -0.15) is 4.98 Å². The third-order valence-electron chi connectivity index (χ3n) is 2.54. The van der Waals surface area contributed by atoms with Crippen molar-refractivity contribution < 1.29 is 9.50 Å². The molecule has 2 aromatic rings. The molecule has 1 aromatic heterocycles. The number of aromatic amines is 1. The van der Waals surface area contributed by atoms with Crippen LogP contribution in [0.15, 0.2) is 23.0 Å². The molecule has 0 aliphatic heterocycles. The second-order valence-corrected chi connectivity index (χ2v) is 4.11. The first-order valence-corrected chi connectivity index (χ1v) is 5.68. The number of benzene rings is 1. The summed E-state index contributed by atoms with van der Waals surface area (Å²) in [6, 6.07) is 3.92. The maximum atomic E-state index is 13.0. The normalized spacial score (nSPS) is 10.6. The molecule has 0 aliphatic rings. The zero-order chi connectivity index (χ0) is 13.3. The summed E-state index contributed by atoms with van der Waals surface area (Å²) in [4.78, 5) is 18.0. The minimum atomic E-state index is -0.558. The molecule has 1 heterocycles. The lowest BCUT2D eigenvalue weighted by Gasteiger charge is -2.05. The molecule has 0 unspecified atom stereocenters. The van der Waals surface area contributed by atoms with Crippen molar-refractivity contribution in [2.45, 2.75) is 13.3 Å². The lowest BCUT2D eigenvalue weighted by atomic mass is 10.2. The van der Waals surface area contributed by atoms with Crippen molar-refractivity contribution in [3.8, 4) is 17.3 Å². The number of H-pyrrole nitrogens is 1. The van der Waals surface area contributed by atoms with Crippen molar-refractivity contribution in [1.82, 2.24) is 9.97 Å². The van der Waals surface area contributed by atoms with Gasteiger partial charge in [-0.25, -0.2) is 4.39 Å². The summed E-state index contributed by atoms with van der Waals surface area (Å²) in [7, 11) is 0. The van der Waals surface area contributed by atoms with Gasteiger partial charge in [0.15, 0.2) is 0 Å². The smallest absolute Gasteiger partial charge is 0.258 e. The zero-order valence-corrected chi connectivity index (χ0v) is 10.3. The average Bonchev–Trinajstić information content (AvgIpc) is 2.32. The highest BCUT2D eigenvalue weighted by atomic mass is 35.5. The van der Waals surface area contributed by atoms with E-state index in [2.05, 4.69) is 9.97 Å². The molecule has 94 valence electrons. The standard InChI is InChI=1S/C12H10ClFN2O2/c1-2-7-11(17)15-10(16-12(7)18)6-3-4-9(14)8(13)5-6/h3-5H,2H2,1H3,(H2,15,16,17,18). The molecule has 0 amide bonds. The van der Waals surface area contributed by atoms with Gasteiger partial charge in [-0.05, 0) is 24.6 Å². The number of hydrogen-bond donors (Lipinski definition) is 2. The summed E-state index contributed by atoms with van der Waals surface area (Å²) in [6.45, 7) is 1.74. The maximum absolute atomic E-state index is 13.0. The van der Waals surface area contributed by atoms with Crippen molar-refractivity contribution >= 4 is 11.6 Å². The van der Waals surface area contributed by atoms with Crippen LogP contribution in [0.2, 0.25) is 5.02 Å². The monoisotopic (exact) mass is 268 g/mol. The van der Waals surface area contributed by atoms with Gasteiger partial charge in [0.05, 0.1) is 10.6 Å². The Labute approximate surface area is 107 Å². The Morgan fingerprint density at radius 1 is 1.50 bits per heavy atom. The number of aromatic hydroxyl groups is 1. The Bertz CT molecular complexity index is 655. The summed E-state index contributed by atoms with van der Waals surface area (Å²) in [6.07, 6.45) is 0.374. The largest absolute Gasteiger partial charge is 0.493 e. The summed E-state index contributed by atoms with van der Waals surface area (Å²) >= 11 is 5.64. The van der Waals surface area contributed by atoms with Crippen LogP contribution < -0.4 is 5.56 Å². The van der Waals surface area contributed by atoms with E-state index in [-0.39, 0.29) is 22.3 Å². The summed E-state index contributed by atoms with van der Waals surface area (Å²) in [5.74, 6) is -0.731. The molecule has 0 saturated carbocycles. The average molecular weight is 269 g/mol. The molecule has 0 saturated heterocycles. The highest BCUT2D eigenvalue weighted by Crippen LogP contribution is 2.23. The van der Waals surface area contributed by atoms with E-state index in [1.54, 1.807) is 6.92 Å². The van der Waals surface area contributed by atoms with Gasteiger partial charge in [-0.15, -0.1) is 0 Å². The fraction of sp³-hybridized carbons (Fsp3) is 0.167. The fourth-order valence-electron chi connectivity index (χ4n) is 1.58. The van der Waals surface area contributed by atoms with Gasteiger partial charge in [0.25, 0.3) is 5.56 Å². The molecule has 0 fully saturated rings. The van der Waals surface area contributed by atoms with Gasteiger partial charge in [-0.3, -0.25) is 4.79 Å². The second-order valence-electron chi connectivity index (χ2n) is 3.70. The number of rotatable bonds is 2. The maximum Gasteiger partial charge on any atom is 0.258 e. The lowest BCUT2D eigenvalue weighted by Crippen LogP contribution is -2.14. The Balaban J connectivity index is 2.58. The predicted octanol–water partition coefficient (Wildman–Crippen LogP) is 2.50. The molecule has 18 heavy (non-hydrogen) atoms. The predicted molar refractivity (Wildman–Crippen MR) is 66.3 cm³/mol. The zero-order valence-electron chi connectivity index (χ0n) is 9.50. The van der Waals surface area contributed by atoms with Crippen LogP contribution in [0.4, 0.5) is 4.39 Å². The van der Waals surface area contributed by atoms with Gasteiger partial charge >= 0.3 is 0 Å². The molecule has 0 radical (unpaired) electrons. The van der Waals surface area contributed by atoms with Crippen LogP contribution in [0.25, 0.3) is 11.4 Å². The van der Waals surface area contributed by atoms with Crippen molar-refractivity contribution in [3.63, 3.8) is 0 Å². The molecule has 2 rings (SSSR count). The van der Waals surface area contributed by atoms with Crippen LogP contribution >= 0.6 is 11.6 Å². The molecule has 0 atom stereocenters. The first-order valence-electron chi connectivity index (χ1n) is 5.30. The topological polar surface area (TPSA) is 66.0 Å². The van der Waals surface area contributed by atoms with Crippen LogP contribution in [0.3, 0.4) is 0 Å². The second kappa shape index (κ2) is 4.78. The molecule has 0 spiro atoms. The van der Waals surface area contributed by atoms with Crippen molar-refractivity contribution in [1.29, 1.82) is 0 Å². The van der Waals surface area contributed by atoms with Crippen molar-refractivity contribution in [2.75, 3.05) is 0 Å². The molecule has 0 bridgehead atoms. The van der Waals surface area contributed by atoms with E-state index in [0.29, 0.717) is 12.0 Å². The van der Waals surface area contributed by atoms with E-state index in [1.165, 1.54) is 18.2 Å². The van der Waals surface area contributed by atoms with Crippen LogP contribution in [0.1, 0.15) is 12.5 Å². The fourth-order valence-corrected chi connectivity index (χ4v) is 1.77. The van der Waals surface area contributed by atoms with Crippen LogP contribution in [0.5, 0.6) is 5.88 Å². The van der Waals surface area contributed by atoms with Gasteiger partial charge in [0, 0.05) is 5.56 Å². The van der Waals surface area contributed by atoms with Crippen LogP contribution in [0, 0.1) is 5.82 Å². The van der Waals surface area contributed by atoms with Crippen molar-refractivity contribution in [3.05, 3.63) is 45.0 Å². The van der Waals surface area contributed by atoms with Crippen molar-refractivity contribution in [2.24, 2.45) is 0 Å². The van der Waals surface area contributed by atoms with E-state index in [1.807, 2.05) is 0 Å². The Morgan fingerprint density at radius 3 is 2.78 bits per heavy atom. The number of hydrogen-bond acceptors (Lipinski definition) is 3. The highest BCUT2D eigenvalue weighted by Gasteiger charge is 2.11. The lowest BCUT2D eigenvalue weighted by molar-refractivity contribution is 0.444. The minimum absolute atomic E-state index is 0.0748. The Kier molecular flexibility index (Phi) is 3.34. The number of nitrogens with one attached hydrogen (secondary N) is 1.